The van der Waals surface area contributed by atoms with E-state index in [-0.39, 0.29) is 26.4 Å². The van der Waals surface area contributed by atoms with Gasteiger partial charge in [0, 0.05) is 24.7 Å². The first-order valence-electron chi connectivity index (χ1n) is 7.54. The zero-order valence-corrected chi connectivity index (χ0v) is 17.1. The van der Waals surface area contributed by atoms with Gasteiger partial charge >= 0.3 is 5.97 Å². The Hall–Kier alpha value is -2.23. The lowest BCUT2D eigenvalue weighted by Gasteiger charge is -2.12. The van der Waals surface area contributed by atoms with E-state index in [4.69, 9.17) is 11.6 Å². The first-order chi connectivity index (χ1) is 12.6. The van der Waals surface area contributed by atoms with E-state index in [9.17, 15) is 18.0 Å². The second-order valence-electron chi connectivity index (χ2n) is 5.53. The molecular weight excluding hydrogens is 412 g/mol. The van der Waals surface area contributed by atoms with Crippen LogP contribution in [0.2, 0.25) is 5.02 Å². The number of esters is 1. The average molecular weight is 429 g/mol. The molecule has 0 saturated carbocycles. The van der Waals surface area contributed by atoms with Crippen molar-refractivity contribution >= 4 is 50.3 Å². The summed E-state index contributed by atoms with van der Waals surface area (Å²) in [7, 11) is 0.455. The van der Waals surface area contributed by atoms with Crippen molar-refractivity contribution in [1.29, 1.82) is 0 Å². The Morgan fingerprint density at radius 3 is 2.30 bits per heavy atom. The zero-order chi connectivity index (χ0) is 20.2. The Bertz CT molecular complexity index is 960. The molecule has 2 aromatic rings. The number of benzene rings is 2. The topological polar surface area (TPSA) is 92.8 Å². The van der Waals surface area contributed by atoms with Crippen LogP contribution < -0.4 is 4.72 Å². The number of ether oxygens (including phenoxy) is 1. The molecule has 1 amide bonds. The lowest BCUT2D eigenvalue weighted by atomic mass is 10.2. The minimum atomic E-state index is -4.03. The molecule has 2 aromatic carbocycles. The maximum atomic E-state index is 12.6. The van der Waals surface area contributed by atoms with Gasteiger partial charge in [-0.05, 0) is 54.2 Å². The summed E-state index contributed by atoms with van der Waals surface area (Å²) in [6.45, 7) is 0. The average Bonchev–Trinajstić information content (AvgIpc) is 2.62. The van der Waals surface area contributed by atoms with Crippen LogP contribution >= 0.6 is 23.4 Å². The van der Waals surface area contributed by atoms with Crippen molar-refractivity contribution in [3.8, 4) is 0 Å². The van der Waals surface area contributed by atoms with Crippen LogP contribution in [0, 0.1) is 0 Å². The highest BCUT2D eigenvalue weighted by atomic mass is 35.5. The predicted molar refractivity (Wildman–Crippen MR) is 105 cm³/mol. The number of hydrogen-bond acceptors (Lipinski definition) is 6. The van der Waals surface area contributed by atoms with Crippen molar-refractivity contribution in [1.82, 2.24) is 4.90 Å². The van der Waals surface area contributed by atoms with Gasteiger partial charge in [-0.3, -0.25) is 9.52 Å². The third kappa shape index (κ3) is 5.38. The summed E-state index contributed by atoms with van der Waals surface area (Å²) in [5.41, 5.74) is 0.354. The number of methoxy groups -OCH3 is 1. The van der Waals surface area contributed by atoms with Crippen LogP contribution in [0.3, 0.4) is 0 Å². The van der Waals surface area contributed by atoms with E-state index in [1.54, 1.807) is 26.2 Å². The van der Waals surface area contributed by atoms with E-state index in [1.807, 2.05) is 0 Å². The molecule has 0 radical (unpaired) electrons. The summed E-state index contributed by atoms with van der Waals surface area (Å²) < 4.78 is 32.2. The maximum Gasteiger partial charge on any atom is 0.337 e. The monoisotopic (exact) mass is 428 g/mol. The van der Waals surface area contributed by atoms with Gasteiger partial charge in [0.05, 0.1) is 17.7 Å². The summed E-state index contributed by atoms with van der Waals surface area (Å²) >= 11 is 7.01. The first kappa shape index (κ1) is 21.1. The summed E-state index contributed by atoms with van der Waals surface area (Å²) in [5, 5.41) is -0.173. The SMILES string of the molecule is COC(=O)c1ccc(Cl)c(S(=O)(=O)Nc2ccc(SC(=O)N(C)C)cc2)c1. The van der Waals surface area contributed by atoms with Crippen LogP contribution in [-0.4, -0.2) is 45.7 Å². The maximum absolute atomic E-state index is 12.6. The Morgan fingerprint density at radius 2 is 1.74 bits per heavy atom. The summed E-state index contributed by atoms with van der Waals surface area (Å²) in [5.74, 6) is -0.671. The molecule has 0 saturated heterocycles. The standard InChI is InChI=1S/C17H17ClN2O5S2/c1-20(2)17(22)26-13-7-5-12(6-8-13)19-27(23,24)15-10-11(16(21)25-3)4-9-14(15)18/h4-10,19H,1-3H3. The van der Waals surface area contributed by atoms with Crippen molar-refractivity contribution in [2.45, 2.75) is 9.79 Å². The van der Waals surface area contributed by atoms with Crippen molar-refractivity contribution in [2.24, 2.45) is 0 Å². The Kier molecular flexibility index (Phi) is 6.74. The molecule has 1 N–H and O–H groups in total. The smallest absolute Gasteiger partial charge is 0.337 e. The van der Waals surface area contributed by atoms with E-state index >= 15 is 0 Å². The number of carbonyl (C=O) groups excluding carboxylic acids is 2. The van der Waals surface area contributed by atoms with Crippen LogP contribution in [0.5, 0.6) is 0 Å². The molecule has 0 unspecified atom stereocenters. The molecule has 0 aliphatic heterocycles. The molecule has 10 heteroatoms. The van der Waals surface area contributed by atoms with Gasteiger partial charge in [-0.25, -0.2) is 13.2 Å². The van der Waals surface area contributed by atoms with Gasteiger partial charge in [0.2, 0.25) is 0 Å². The lowest BCUT2D eigenvalue weighted by molar-refractivity contribution is 0.0600. The van der Waals surface area contributed by atoms with Crippen LogP contribution in [-0.2, 0) is 14.8 Å². The molecule has 0 spiro atoms. The molecule has 0 aliphatic carbocycles. The number of sulfonamides is 1. The lowest BCUT2D eigenvalue weighted by Crippen LogP contribution is -2.16. The highest BCUT2D eigenvalue weighted by Gasteiger charge is 2.21. The summed E-state index contributed by atoms with van der Waals surface area (Å²) in [6.07, 6.45) is 0. The Labute approximate surface area is 166 Å². The molecule has 27 heavy (non-hydrogen) atoms. The van der Waals surface area contributed by atoms with Gasteiger partial charge in [-0.15, -0.1) is 0 Å². The fraction of sp³-hybridized carbons (Fsp3) is 0.176. The van der Waals surface area contributed by atoms with Crippen LogP contribution in [0.1, 0.15) is 10.4 Å². The minimum absolute atomic E-state index is 0.0288. The number of anilines is 1. The fourth-order valence-electron chi connectivity index (χ4n) is 1.95. The second kappa shape index (κ2) is 8.64. The molecule has 0 heterocycles. The zero-order valence-electron chi connectivity index (χ0n) is 14.7. The number of carbonyl (C=O) groups is 2. The van der Waals surface area contributed by atoms with E-state index in [2.05, 4.69) is 9.46 Å². The van der Waals surface area contributed by atoms with Gasteiger partial charge in [-0.1, -0.05) is 11.6 Å². The summed E-state index contributed by atoms with van der Waals surface area (Å²) in [4.78, 5) is 25.2. The fourth-order valence-corrected chi connectivity index (χ4v) is 4.19. The van der Waals surface area contributed by atoms with Gasteiger partial charge in [0.25, 0.3) is 15.3 Å². The number of nitrogens with zero attached hydrogens (tertiary/aromatic N) is 1. The van der Waals surface area contributed by atoms with Crippen molar-refractivity contribution < 1.29 is 22.7 Å². The van der Waals surface area contributed by atoms with Gasteiger partial charge < -0.3 is 9.64 Å². The van der Waals surface area contributed by atoms with Crippen LogP contribution in [0.4, 0.5) is 10.5 Å². The third-order valence-electron chi connectivity index (χ3n) is 3.32. The van der Waals surface area contributed by atoms with Crippen molar-refractivity contribution in [2.75, 3.05) is 25.9 Å². The molecular formula is C17H17ClN2O5S2. The molecule has 0 fully saturated rings. The highest BCUT2D eigenvalue weighted by molar-refractivity contribution is 8.13. The number of halogens is 1. The molecule has 0 bridgehead atoms. The number of amides is 1. The number of rotatable bonds is 5. The van der Waals surface area contributed by atoms with E-state index in [1.165, 1.54) is 36.3 Å². The van der Waals surface area contributed by atoms with Crippen molar-refractivity contribution in [3.05, 3.63) is 53.1 Å². The minimum Gasteiger partial charge on any atom is -0.465 e. The molecule has 0 atom stereocenters. The third-order valence-corrected chi connectivity index (χ3v) is 6.23. The van der Waals surface area contributed by atoms with Gasteiger partial charge in [0.15, 0.2) is 0 Å². The number of nitrogens with one attached hydrogen (secondary N) is 1. The van der Waals surface area contributed by atoms with Crippen LogP contribution in [0.15, 0.2) is 52.3 Å². The second-order valence-corrected chi connectivity index (χ2v) is 8.61. The molecule has 0 aliphatic rings. The molecule has 144 valence electrons. The predicted octanol–water partition coefficient (Wildman–Crippen LogP) is 3.70. The van der Waals surface area contributed by atoms with Gasteiger partial charge in [-0.2, -0.15) is 0 Å². The van der Waals surface area contributed by atoms with E-state index in [0.29, 0.717) is 4.90 Å². The molecule has 7 nitrogen and oxygen atoms in total. The Balaban J connectivity index is 2.24. The first-order valence-corrected chi connectivity index (χ1v) is 10.2. The van der Waals surface area contributed by atoms with Crippen LogP contribution in [0.25, 0.3) is 0 Å². The molecule has 2 rings (SSSR count). The van der Waals surface area contributed by atoms with Gasteiger partial charge in [0.1, 0.15) is 4.90 Å². The number of thioether (sulfide) groups is 1. The Morgan fingerprint density at radius 1 is 1.11 bits per heavy atom. The van der Waals surface area contributed by atoms with E-state index < -0.39 is 16.0 Å². The quantitative estimate of drug-likeness (QED) is 0.576. The summed E-state index contributed by atoms with van der Waals surface area (Å²) in [6, 6.07) is 10.1. The largest absolute Gasteiger partial charge is 0.465 e. The highest BCUT2D eigenvalue weighted by Crippen LogP contribution is 2.27. The van der Waals surface area contributed by atoms with E-state index in [0.717, 1.165) is 17.8 Å². The number of hydrogen-bond donors (Lipinski definition) is 1. The van der Waals surface area contributed by atoms with Crippen molar-refractivity contribution in [3.63, 3.8) is 0 Å². The molecule has 0 aromatic heterocycles. The normalized spacial score (nSPS) is 11.0.